The van der Waals surface area contributed by atoms with Gasteiger partial charge in [-0.3, -0.25) is 4.79 Å². The number of rotatable bonds is 8. The van der Waals surface area contributed by atoms with Gasteiger partial charge in [-0.05, 0) is 81.6 Å². The minimum absolute atomic E-state index is 0.0735. The van der Waals surface area contributed by atoms with Crippen LogP contribution in [0.5, 0.6) is 0 Å². The molecule has 9 heteroatoms. The first-order chi connectivity index (χ1) is 14.8. The number of ketones is 1. The van der Waals surface area contributed by atoms with Gasteiger partial charge < -0.3 is 10.2 Å². The second-order valence-corrected chi connectivity index (χ2v) is 11.2. The van der Waals surface area contributed by atoms with Crippen LogP contribution in [0.3, 0.4) is 0 Å². The van der Waals surface area contributed by atoms with Gasteiger partial charge in [-0.15, -0.1) is 0 Å². The third-order valence-electron chi connectivity index (χ3n) is 8.05. The lowest BCUT2D eigenvalue weighted by Crippen LogP contribution is -2.55. The first-order valence-electron chi connectivity index (χ1n) is 11.6. The van der Waals surface area contributed by atoms with Crippen LogP contribution in [0.15, 0.2) is 12.2 Å². The summed E-state index contributed by atoms with van der Waals surface area (Å²) in [6, 6.07) is 0. The maximum Gasteiger partial charge on any atom is 0.429 e. The maximum absolute atomic E-state index is 13.1. The van der Waals surface area contributed by atoms with E-state index >= 15 is 0 Å². The lowest BCUT2D eigenvalue weighted by Gasteiger charge is -2.48. The van der Waals surface area contributed by atoms with Gasteiger partial charge in [0.15, 0.2) is 0 Å². The molecule has 3 nitrogen and oxygen atoms in total. The Balaban J connectivity index is 2.36. The Bertz CT molecular complexity index is 722. The number of carbonyl (C=O) groups excluding carboxylic acids is 1. The second kappa shape index (κ2) is 9.17. The molecule has 0 heterocycles. The molecule has 0 aromatic heterocycles. The largest absolute Gasteiger partial charge is 0.429 e. The van der Waals surface area contributed by atoms with Crippen molar-refractivity contribution in [2.24, 2.45) is 22.7 Å². The zero-order chi connectivity index (χ0) is 25.5. The number of Topliss-reactive ketones (excluding diaryl/α,β-unsaturated/α-hetero) is 1. The zero-order valence-electron chi connectivity index (χ0n) is 19.7. The van der Waals surface area contributed by atoms with Gasteiger partial charge in [0, 0.05) is 12.3 Å². The fourth-order valence-electron chi connectivity index (χ4n) is 6.27. The third kappa shape index (κ3) is 5.77. The van der Waals surface area contributed by atoms with Crippen molar-refractivity contribution < 1.29 is 41.4 Å². The summed E-state index contributed by atoms with van der Waals surface area (Å²) in [5, 5.41) is 19.6. The molecule has 0 spiro atoms. The van der Waals surface area contributed by atoms with E-state index in [0.29, 0.717) is 38.5 Å². The molecule has 192 valence electrons. The van der Waals surface area contributed by atoms with Crippen molar-refractivity contribution in [2.75, 3.05) is 0 Å². The Morgan fingerprint density at radius 3 is 2.09 bits per heavy atom. The smallest absolute Gasteiger partial charge is 0.390 e. The van der Waals surface area contributed by atoms with Gasteiger partial charge in [0.2, 0.25) is 0 Å². The molecule has 4 atom stereocenters. The molecular formula is C24H36F6O3. The van der Waals surface area contributed by atoms with Gasteiger partial charge in [0.1, 0.15) is 5.78 Å². The summed E-state index contributed by atoms with van der Waals surface area (Å²) in [7, 11) is 0. The van der Waals surface area contributed by atoms with E-state index in [2.05, 4.69) is 0 Å². The standard InChI is InChI=1S/C24H36F6O3/c1-19(2,32)11-6-12-20(3,13-7-15-22(33,23(25,26)27)24(28,29)30)18-10-9-16-17(31)8-5-14-21(16,18)4/h7,15-16,18,32-33H,5-6,8-14H2,1-4H3/b15-7+/t16?,18-,20+,21+/m1/s1. The van der Waals surface area contributed by atoms with Crippen LogP contribution < -0.4 is 0 Å². The van der Waals surface area contributed by atoms with Crippen molar-refractivity contribution in [3.63, 3.8) is 0 Å². The summed E-state index contributed by atoms with van der Waals surface area (Å²) >= 11 is 0. The molecule has 2 aliphatic carbocycles. The number of hydrogen-bond donors (Lipinski definition) is 2. The molecule has 0 aromatic rings. The third-order valence-corrected chi connectivity index (χ3v) is 8.05. The van der Waals surface area contributed by atoms with Crippen molar-refractivity contribution in [1.82, 2.24) is 0 Å². The minimum atomic E-state index is -5.90. The quantitative estimate of drug-likeness (QED) is 0.303. The van der Waals surface area contributed by atoms with E-state index in [1.807, 2.05) is 13.8 Å². The Morgan fingerprint density at radius 2 is 1.58 bits per heavy atom. The number of alkyl halides is 6. The van der Waals surface area contributed by atoms with Crippen molar-refractivity contribution >= 4 is 5.78 Å². The summed E-state index contributed by atoms with van der Waals surface area (Å²) in [5.74, 6) is -0.0316. The highest BCUT2D eigenvalue weighted by atomic mass is 19.4. The van der Waals surface area contributed by atoms with Crippen LogP contribution >= 0.6 is 0 Å². The van der Waals surface area contributed by atoms with Gasteiger partial charge in [-0.1, -0.05) is 26.3 Å². The number of aliphatic hydroxyl groups is 2. The van der Waals surface area contributed by atoms with Gasteiger partial charge in [0.25, 0.3) is 5.60 Å². The first kappa shape index (κ1) is 28.1. The lowest BCUT2D eigenvalue weighted by molar-refractivity contribution is -0.347. The number of halogens is 6. The molecule has 0 aromatic carbocycles. The second-order valence-electron chi connectivity index (χ2n) is 11.2. The van der Waals surface area contributed by atoms with Crippen LogP contribution in [0, 0.1) is 22.7 Å². The molecule has 2 rings (SSSR count). The summed E-state index contributed by atoms with van der Waals surface area (Å²) in [6.45, 7) is 7.15. The van der Waals surface area contributed by atoms with Gasteiger partial charge in [-0.2, -0.15) is 26.3 Å². The topological polar surface area (TPSA) is 57.5 Å². The van der Waals surface area contributed by atoms with Crippen LogP contribution in [0.25, 0.3) is 0 Å². The highest BCUT2D eigenvalue weighted by molar-refractivity contribution is 5.83. The minimum Gasteiger partial charge on any atom is -0.390 e. The predicted molar refractivity (Wildman–Crippen MR) is 112 cm³/mol. The van der Waals surface area contributed by atoms with Gasteiger partial charge in [0.05, 0.1) is 5.60 Å². The summed E-state index contributed by atoms with van der Waals surface area (Å²) in [4.78, 5) is 12.5. The van der Waals surface area contributed by atoms with Crippen molar-refractivity contribution in [2.45, 2.75) is 109 Å². The normalized spacial score (nSPS) is 29.4. The van der Waals surface area contributed by atoms with E-state index in [1.54, 1.807) is 13.8 Å². The summed E-state index contributed by atoms with van der Waals surface area (Å²) in [6.07, 6.45) is -6.52. The van der Waals surface area contributed by atoms with E-state index in [9.17, 15) is 41.4 Å². The summed E-state index contributed by atoms with van der Waals surface area (Å²) < 4.78 is 78.6. The lowest BCUT2D eigenvalue weighted by atomic mass is 9.56. The summed E-state index contributed by atoms with van der Waals surface area (Å²) in [5.41, 5.74) is -6.93. The average molecular weight is 487 g/mol. The molecule has 0 bridgehead atoms. The van der Waals surface area contributed by atoms with Gasteiger partial charge >= 0.3 is 12.4 Å². The molecule has 0 aliphatic heterocycles. The average Bonchev–Trinajstić information content (AvgIpc) is 2.97. The molecule has 33 heavy (non-hydrogen) atoms. The van der Waals surface area contributed by atoms with Crippen LogP contribution in [-0.2, 0) is 4.79 Å². The molecule has 1 unspecified atom stereocenters. The monoisotopic (exact) mass is 486 g/mol. The molecule has 2 N–H and O–H groups in total. The van der Waals surface area contributed by atoms with Crippen molar-refractivity contribution in [3.05, 3.63) is 12.2 Å². The molecule has 0 saturated heterocycles. The van der Waals surface area contributed by atoms with Crippen LogP contribution in [-0.4, -0.2) is 39.6 Å². The first-order valence-corrected chi connectivity index (χ1v) is 11.6. The fourth-order valence-corrected chi connectivity index (χ4v) is 6.27. The fraction of sp³-hybridized carbons (Fsp3) is 0.875. The Labute approximate surface area is 191 Å². The van der Waals surface area contributed by atoms with Crippen LogP contribution in [0.4, 0.5) is 26.3 Å². The van der Waals surface area contributed by atoms with Crippen LogP contribution in [0.2, 0.25) is 0 Å². The molecule has 2 fully saturated rings. The van der Waals surface area contributed by atoms with Crippen LogP contribution in [0.1, 0.15) is 85.5 Å². The van der Waals surface area contributed by atoms with Crippen molar-refractivity contribution in [1.29, 1.82) is 0 Å². The Kier molecular flexibility index (Phi) is 7.82. The van der Waals surface area contributed by atoms with Gasteiger partial charge in [-0.25, -0.2) is 0 Å². The zero-order valence-corrected chi connectivity index (χ0v) is 19.7. The molecular weight excluding hydrogens is 450 g/mol. The number of hydrogen-bond acceptors (Lipinski definition) is 3. The highest BCUT2D eigenvalue weighted by Crippen LogP contribution is 2.61. The molecule has 0 amide bonds. The Hall–Kier alpha value is -1.09. The van der Waals surface area contributed by atoms with Crippen molar-refractivity contribution in [3.8, 4) is 0 Å². The number of allylic oxidation sites excluding steroid dienone is 1. The highest BCUT2D eigenvalue weighted by Gasteiger charge is 2.69. The predicted octanol–water partition coefficient (Wildman–Crippen LogP) is 6.52. The number of carbonyl (C=O) groups is 1. The van der Waals surface area contributed by atoms with E-state index in [-0.39, 0.29) is 35.5 Å². The van der Waals surface area contributed by atoms with E-state index in [1.165, 1.54) is 0 Å². The molecule has 2 saturated carbocycles. The van der Waals surface area contributed by atoms with E-state index in [0.717, 1.165) is 18.9 Å². The van der Waals surface area contributed by atoms with E-state index in [4.69, 9.17) is 0 Å². The maximum atomic E-state index is 13.1. The molecule has 0 radical (unpaired) electrons. The SMILES string of the molecule is CC(C)(O)CCC[C@@](C)(C/C=C/C(O)(C(F)(F)F)C(F)(F)F)[C@H]1CCC2C(=O)CCC[C@@]21C. The Morgan fingerprint density at radius 1 is 1.00 bits per heavy atom. The number of fused-ring (bicyclic) bond motifs is 1. The van der Waals surface area contributed by atoms with E-state index < -0.39 is 29.0 Å². The molecule has 2 aliphatic rings.